The van der Waals surface area contributed by atoms with Crippen molar-refractivity contribution in [3.63, 3.8) is 0 Å². The van der Waals surface area contributed by atoms with E-state index in [2.05, 4.69) is 46.1 Å². The van der Waals surface area contributed by atoms with Gasteiger partial charge in [0.1, 0.15) is 12.2 Å². The molecule has 4 atom stereocenters. The lowest BCUT2D eigenvalue weighted by atomic mass is 10.1. The summed E-state index contributed by atoms with van der Waals surface area (Å²) >= 11 is 6.15. The van der Waals surface area contributed by atoms with E-state index in [4.69, 9.17) is 16.3 Å². The molecule has 0 aliphatic carbocycles. The van der Waals surface area contributed by atoms with Crippen molar-refractivity contribution >= 4 is 34.5 Å². The van der Waals surface area contributed by atoms with Crippen molar-refractivity contribution < 1.29 is 19.7 Å². The number of imidazole rings is 1. The number of carbonyl (C=O) groups excluding carboxylic acids is 1. The summed E-state index contributed by atoms with van der Waals surface area (Å²) in [5.74, 6) is 0.470. The molecule has 0 spiro atoms. The Kier molecular flexibility index (Phi) is 7.23. The Bertz CT molecular complexity index is 1700. The zero-order chi connectivity index (χ0) is 28.5. The first-order valence-corrected chi connectivity index (χ1v) is 13.0. The predicted molar refractivity (Wildman–Crippen MR) is 145 cm³/mol. The number of fused-ring (bicyclic) bond motifs is 1. The second-order valence-corrected chi connectivity index (χ2v) is 9.59. The van der Waals surface area contributed by atoms with Gasteiger partial charge in [0.25, 0.3) is 5.91 Å². The fourth-order valence-electron chi connectivity index (χ4n) is 4.45. The summed E-state index contributed by atoms with van der Waals surface area (Å²) in [7, 11) is 0. The molecule has 0 bridgehead atoms. The normalized spacial score (nSPS) is 20.4. The number of ether oxygens (including phenoxy) is 1. The molecule has 1 aliphatic heterocycles. The van der Waals surface area contributed by atoms with Crippen LogP contribution in [0.3, 0.4) is 0 Å². The van der Waals surface area contributed by atoms with E-state index in [1.807, 2.05) is 18.2 Å². The van der Waals surface area contributed by atoms with Crippen LogP contribution in [-0.4, -0.2) is 85.7 Å². The molecule has 5 aromatic rings. The van der Waals surface area contributed by atoms with Crippen LogP contribution < -0.4 is 10.6 Å². The van der Waals surface area contributed by atoms with Gasteiger partial charge in [-0.3, -0.25) is 9.36 Å². The van der Waals surface area contributed by atoms with Crippen LogP contribution in [0.15, 0.2) is 55.1 Å². The van der Waals surface area contributed by atoms with E-state index in [9.17, 15) is 15.0 Å². The van der Waals surface area contributed by atoms with Gasteiger partial charge < -0.3 is 25.6 Å². The van der Waals surface area contributed by atoms with E-state index in [0.717, 1.165) is 5.56 Å². The van der Waals surface area contributed by atoms with Gasteiger partial charge in [-0.15, -0.1) is 10.2 Å². The molecule has 210 valence electrons. The minimum atomic E-state index is -1.46. The fraction of sp³-hybridized carbons (Fsp3) is 0.280. The zero-order valence-corrected chi connectivity index (χ0v) is 22.3. The number of nitrogens with one attached hydrogen (secondary N) is 2. The van der Waals surface area contributed by atoms with E-state index in [1.54, 1.807) is 37.5 Å². The molecule has 1 aliphatic rings. The summed E-state index contributed by atoms with van der Waals surface area (Å²) < 4.78 is 8.69. The Hall–Kier alpha value is -4.57. The monoisotopic (exact) mass is 577 g/mol. The Balaban J connectivity index is 1.40. The van der Waals surface area contributed by atoms with E-state index in [-0.39, 0.29) is 11.5 Å². The van der Waals surface area contributed by atoms with Crippen LogP contribution in [0.1, 0.15) is 18.7 Å². The number of likely N-dealkylation sites (N-methyl/N-ethyl adjacent to an activating group) is 1. The number of hydrogen-bond donors (Lipinski definition) is 4. The number of carbonyl (C=O) groups is 1. The zero-order valence-electron chi connectivity index (χ0n) is 21.5. The van der Waals surface area contributed by atoms with Gasteiger partial charge in [0.15, 0.2) is 46.6 Å². The van der Waals surface area contributed by atoms with Crippen LogP contribution in [0.2, 0.25) is 5.02 Å². The number of aliphatic hydroxyl groups excluding tert-OH is 2. The molecule has 1 aromatic carbocycles. The average Bonchev–Trinajstić information content (AvgIpc) is 3.71. The molecule has 0 saturated carbocycles. The minimum absolute atomic E-state index is 0.191. The number of benzene rings is 1. The highest BCUT2D eigenvalue weighted by Gasteiger charge is 2.47. The molecule has 1 amide bonds. The SMILES string of the molecule is CCNC(=O)C1OC(n2cnc3c(NCc4cccc(Cl)c4)nc(-c4cn(-c5cccnn5)nn4)nc32)C(O)C1O. The number of aliphatic hydroxyl groups is 2. The first-order chi connectivity index (χ1) is 19.9. The topological polar surface area (TPSA) is 191 Å². The highest BCUT2D eigenvalue weighted by atomic mass is 35.5. The number of aromatic nitrogens is 9. The molecule has 16 heteroatoms. The quantitative estimate of drug-likeness (QED) is 0.204. The molecular formula is C25H24ClN11O4. The van der Waals surface area contributed by atoms with Crippen molar-refractivity contribution in [3.05, 3.63) is 65.7 Å². The Morgan fingerprint density at radius 3 is 2.80 bits per heavy atom. The maximum atomic E-state index is 12.4. The van der Waals surface area contributed by atoms with Crippen molar-refractivity contribution in [3.8, 4) is 17.3 Å². The van der Waals surface area contributed by atoms with Crippen LogP contribution in [0.5, 0.6) is 0 Å². The van der Waals surface area contributed by atoms with Crippen LogP contribution in [-0.2, 0) is 16.1 Å². The first-order valence-electron chi connectivity index (χ1n) is 12.7. The van der Waals surface area contributed by atoms with Crippen molar-refractivity contribution in [2.24, 2.45) is 0 Å². The second kappa shape index (κ2) is 11.1. The smallest absolute Gasteiger partial charge is 0.252 e. The summed E-state index contributed by atoms with van der Waals surface area (Å²) in [6, 6.07) is 10.8. The fourth-order valence-corrected chi connectivity index (χ4v) is 4.66. The number of anilines is 1. The van der Waals surface area contributed by atoms with Crippen molar-refractivity contribution in [1.82, 2.24) is 50.0 Å². The Labute approximate surface area is 237 Å². The number of halogens is 1. The summed E-state index contributed by atoms with van der Waals surface area (Å²) in [6.07, 6.45) is -0.767. The number of amides is 1. The standard InChI is InChI=1S/C25H24ClN11O4/c1-2-27-24(40)20-18(38)19(39)25(41-20)36-12-29-17-22(28-10-13-5-3-6-14(26)9-13)31-21(32-23(17)36)15-11-37(35-33-15)16-7-4-8-30-34-16/h3-9,11-12,18-20,25,38-39H,2,10H2,1H3,(H,27,40)(H,28,31,32). The lowest BCUT2D eigenvalue weighted by Crippen LogP contribution is -2.42. The van der Waals surface area contributed by atoms with Crippen molar-refractivity contribution in [2.45, 2.75) is 38.0 Å². The largest absolute Gasteiger partial charge is 0.387 e. The molecule has 4 unspecified atom stereocenters. The van der Waals surface area contributed by atoms with Gasteiger partial charge in [-0.2, -0.15) is 9.78 Å². The molecule has 15 nitrogen and oxygen atoms in total. The van der Waals surface area contributed by atoms with Gasteiger partial charge >= 0.3 is 0 Å². The summed E-state index contributed by atoms with van der Waals surface area (Å²) in [5.41, 5.74) is 1.86. The maximum Gasteiger partial charge on any atom is 0.252 e. The minimum Gasteiger partial charge on any atom is -0.387 e. The third-order valence-electron chi connectivity index (χ3n) is 6.41. The summed E-state index contributed by atoms with van der Waals surface area (Å²) in [5, 5.41) is 44.1. The Morgan fingerprint density at radius 2 is 2.02 bits per heavy atom. The lowest BCUT2D eigenvalue weighted by Gasteiger charge is -2.17. The summed E-state index contributed by atoms with van der Waals surface area (Å²) in [4.78, 5) is 26.2. The highest BCUT2D eigenvalue weighted by molar-refractivity contribution is 6.30. The molecule has 5 heterocycles. The molecule has 0 radical (unpaired) electrons. The number of hydrogen-bond acceptors (Lipinski definition) is 12. The second-order valence-electron chi connectivity index (χ2n) is 9.16. The number of nitrogens with zero attached hydrogens (tertiary/aromatic N) is 9. The predicted octanol–water partition coefficient (Wildman–Crippen LogP) is 0.885. The van der Waals surface area contributed by atoms with Crippen LogP contribution in [0.4, 0.5) is 5.82 Å². The lowest BCUT2D eigenvalue weighted by molar-refractivity contribution is -0.137. The highest BCUT2D eigenvalue weighted by Crippen LogP contribution is 2.33. The molecule has 4 aromatic heterocycles. The van der Waals surface area contributed by atoms with E-state index in [0.29, 0.717) is 41.0 Å². The summed E-state index contributed by atoms with van der Waals surface area (Å²) in [6.45, 7) is 2.45. The third kappa shape index (κ3) is 5.18. The van der Waals surface area contributed by atoms with Crippen molar-refractivity contribution in [1.29, 1.82) is 0 Å². The van der Waals surface area contributed by atoms with Crippen LogP contribution in [0.25, 0.3) is 28.5 Å². The van der Waals surface area contributed by atoms with E-state index < -0.39 is 30.4 Å². The molecule has 1 saturated heterocycles. The first kappa shape index (κ1) is 26.6. The van der Waals surface area contributed by atoms with Crippen LogP contribution in [0, 0.1) is 0 Å². The van der Waals surface area contributed by atoms with E-state index in [1.165, 1.54) is 15.6 Å². The molecule has 4 N–H and O–H groups in total. The van der Waals surface area contributed by atoms with Gasteiger partial charge in [-0.25, -0.2) is 15.0 Å². The van der Waals surface area contributed by atoms with Gasteiger partial charge in [-0.05, 0) is 36.8 Å². The van der Waals surface area contributed by atoms with Crippen molar-refractivity contribution in [2.75, 3.05) is 11.9 Å². The average molecular weight is 578 g/mol. The van der Waals surface area contributed by atoms with Crippen LogP contribution >= 0.6 is 11.6 Å². The number of rotatable bonds is 8. The van der Waals surface area contributed by atoms with Gasteiger partial charge in [0.05, 0.1) is 12.5 Å². The maximum absolute atomic E-state index is 12.4. The molecule has 6 rings (SSSR count). The van der Waals surface area contributed by atoms with Gasteiger partial charge in [0, 0.05) is 24.3 Å². The molecular weight excluding hydrogens is 554 g/mol. The molecule has 1 fully saturated rings. The Morgan fingerprint density at radius 1 is 1.15 bits per heavy atom. The van der Waals surface area contributed by atoms with E-state index >= 15 is 0 Å². The van der Waals surface area contributed by atoms with Gasteiger partial charge in [0.2, 0.25) is 0 Å². The third-order valence-corrected chi connectivity index (χ3v) is 6.64. The molecule has 41 heavy (non-hydrogen) atoms. The van der Waals surface area contributed by atoms with Gasteiger partial charge in [-0.1, -0.05) is 28.9 Å².